The van der Waals surface area contributed by atoms with E-state index in [1.165, 1.54) is 6.42 Å². The Bertz CT molecular complexity index is 167. The van der Waals surface area contributed by atoms with Gasteiger partial charge in [-0.25, -0.2) is 0 Å². The molecule has 0 aromatic carbocycles. The lowest BCUT2D eigenvalue weighted by Gasteiger charge is -2.27. The zero-order valence-corrected chi connectivity index (χ0v) is 12.8. The highest BCUT2D eigenvalue weighted by Crippen LogP contribution is 2.20. The molecule has 17 heavy (non-hydrogen) atoms. The molecular weight excluding hydrogens is 232 g/mol. The Hall–Kier alpha value is 0.0569. The van der Waals surface area contributed by atoms with Crippen molar-refractivity contribution in [1.82, 2.24) is 5.32 Å². The first-order valence-electron chi connectivity index (χ1n) is 6.75. The lowest BCUT2D eigenvalue weighted by molar-refractivity contribution is 0.239. The maximum atomic E-state index is 5.64. The summed E-state index contributed by atoms with van der Waals surface area (Å²) in [5.41, 5.74) is 5.44. The number of hydrogen-bond acceptors (Lipinski definition) is 4. The van der Waals surface area contributed by atoms with Gasteiger partial charge in [-0.05, 0) is 51.0 Å². The van der Waals surface area contributed by atoms with Crippen LogP contribution in [0.25, 0.3) is 0 Å². The predicted octanol–water partition coefficient (Wildman–Crippen LogP) is 1.85. The highest BCUT2D eigenvalue weighted by molar-refractivity contribution is 6.67. The molecule has 0 bridgehead atoms. The van der Waals surface area contributed by atoms with Gasteiger partial charge in [0, 0.05) is 14.2 Å². The summed E-state index contributed by atoms with van der Waals surface area (Å²) in [6.45, 7) is 5.10. The molecule has 0 saturated carbocycles. The quantitative estimate of drug-likeness (QED) is 0.416. The molecule has 0 radical (unpaired) electrons. The fourth-order valence-electron chi connectivity index (χ4n) is 2.00. The van der Waals surface area contributed by atoms with Gasteiger partial charge in [0.25, 0.3) is 0 Å². The van der Waals surface area contributed by atoms with E-state index in [2.05, 4.69) is 12.2 Å². The number of unbranched alkanes of at least 4 members (excludes halogenated alkanes) is 1. The Labute approximate surface area is 107 Å². The van der Waals surface area contributed by atoms with Crippen LogP contribution in [-0.2, 0) is 8.85 Å². The molecule has 0 fully saturated rings. The monoisotopic (exact) mass is 262 g/mol. The second kappa shape index (κ2) is 11.2. The minimum atomic E-state index is -1.88. The van der Waals surface area contributed by atoms with Crippen LogP contribution in [0.5, 0.6) is 0 Å². The largest absolute Gasteiger partial charge is 0.398 e. The molecule has 0 unspecified atom stereocenters. The summed E-state index contributed by atoms with van der Waals surface area (Å²) in [5, 5.41) is 3.44. The van der Waals surface area contributed by atoms with Crippen LogP contribution in [0.4, 0.5) is 0 Å². The van der Waals surface area contributed by atoms with Crippen molar-refractivity contribution in [3.63, 3.8) is 0 Å². The fraction of sp³-hybridized carbons (Fsp3) is 1.00. The van der Waals surface area contributed by atoms with Gasteiger partial charge < -0.3 is 19.9 Å². The third-order valence-corrected chi connectivity index (χ3v) is 6.96. The lowest BCUT2D eigenvalue weighted by atomic mass is 10.3. The fourth-order valence-corrected chi connectivity index (χ4v) is 4.71. The van der Waals surface area contributed by atoms with Crippen LogP contribution in [0.1, 0.15) is 32.6 Å². The van der Waals surface area contributed by atoms with E-state index < -0.39 is 8.56 Å². The third kappa shape index (κ3) is 7.89. The SMILES string of the molecule is CCC[Si](CCCNCCCCN)(OC)OC. The number of nitrogens with one attached hydrogen (secondary N) is 1. The molecule has 0 aliphatic rings. The molecule has 0 atom stereocenters. The summed E-state index contributed by atoms with van der Waals surface area (Å²) in [7, 11) is 1.70. The van der Waals surface area contributed by atoms with Crippen molar-refractivity contribution < 1.29 is 8.85 Å². The van der Waals surface area contributed by atoms with Crippen LogP contribution in [0.3, 0.4) is 0 Å². The smallest absolute Gasteiger partial charge is 0.337 e. The van der Waals surface area contributed by atoms with Gasteiger partial charge in [0.15, 0.2) is 0 Å². The first kappa shape index (κ1) is 17.1. The minimum absolute atomic E-state index is 0.793. The van der Waals surface area contributed by atoms with Gasteiger partial charge in [-0.15, -0.1) is 0 Å². The number of hydrogen-bond donors (Lipinski definition) is 2. The van der Waals surface area contributed by atoms with E-state index in [-0.39, 0.29) is 0 Å². The second-order valence-corrected chi connectivity index (χ2v) is 8.06. The molecule has 104 valence electrons. The Balaban J connectivity index is 3.61. The summed E-state index contributed by atoms with van der Waals surface area (Å²) < 4.78 is 11.3. The standard InChI is InChI=1S/C12H30N2O2Si/c1-4-11-17(15-2,16-3)12-7-10-14-9-6-5-8-13/h14H,4-13H2,1-3H3. The van der Waals surface area contributed by atoms with E-state index in [1.807, 2.05) is 0 Å². The third-order valence-electron chi connectivity index (χ3n) is 3.09. The molecule has 0 aromatic rings. The van der Waals surface area contributed by atoms with Gasteiger partial charge in [-0.1, -0.05) is 13.3 Å². The molecule has 0 aliphatic heterocycles. The Kier molecular flexibility index (Phi) is 11.2. The van der Waals surface area contributed by atoms with Gasteiger partial charge in [0.05, 0.1) is 0 Å². The predicted molar refractivity (Wildman–Crippen MR) is 75.5 cm³/mol. The van der Waals surface area contributed by atoms with Gasteiger partial charge in [0.1, 0.15) is 0 Å². The van der Waals surface area contributed by atoms with Crippen LogP contribution < -0.4 is 11.1 Å². The van der Waals surface area contributed by atoms with Crippen molar-refractivity contribution in [3.8, 4) is 0 Å². The Morgan fingerprint density at radius 3 is 2.18 bits per heavy atom. The molecule has 0 spiro atoms. The maximum absolute atomic E-state index is 5.64. The van der Waals surface area contributed by atoms with Crippen LogP contribution in [0.15, 0.2) is 0 Å². The number of nitrogens with two attached hydrogens (primary N) is 1. The maximum Gasteiger partial charge on any atom is 0.337 e. The van der Waals surface area contributed by atoms with E-state index in [1.54, 1.807) is 14.2 Å². The summed E-state index contributed by atoms with van der Waals surface area (Å²) >= 11 is 0. The van der Waals surface area contributed by atoms with Crippen LogP contribution in [-0.4, -0.2) is 42.4 Å². The van der Waals surface area contributed by atoms with Crippen molar-refractivity contribution in [3.05, 3.63) is 0 Å². The second-order valence-electron chi connectivity index (χ2n) is 4.42. The topological polar surface area (TPSA) is 56.5 Å². The molecule has 5 heteroatoms. The molecule has 0 heterocycles. The van der Waals surface area contributed by atoms with E-state index in [0.717, 1.165) is 51.0 Å². The van der Waals surface area contributed by atoms with Gasteiger partial charge in [-0.2, -0.15) is 0 Å². The zero-order chi connectivity index (χ0) is 13.0. The zero-order valence-electron chi connectivity index (χ0n) is 11.8. The summed E-state index contributed by atoms with van der Waals surface area (Å²) in [5.74, 6) is 0. The van der Waals surface area contributed by atoms with Gasteiger partial charge in [0.2, 0.25) is 0 Å². The molecule has 0 aliphatic carbocycles. The van der Waals surface area contributed by atoms with Crippen LogP contribution >= 0.6 is 0 Å². The highest BCUT2D eigenvalue weighted by Gasteiger charge is 2.33. The molecule has 0 rings (SSSR count). The average Bonchev–Trinajstić information content (AvgIpc) is 2.36. The Morgan fingerprint density at radius 1 is 1.00 bits per heavy atom. The lowest BCUT2D eigenvalue weighted by Crippen LogP contribution is -2.40. The van der Waals surface area contributed by atoms with Crippen molar-refractivity contribution in [1.29, 1.82) is 0 Å². The van der Waals surface area contributed by atoms with Gasteiger partial charge >= 0.3 is 8.56 Å². The highest BCUT2D eigenvalue weighted by atomic mass is 28.4. The summed E-state index contributed by atoms with van der Waals surface area (Å²) in [6, 6.07) is 2.17. The van der Waals surface area contributed by atoms with Crippen molar-refractivity contribution >= 4 is 8.56 Å². The Morgan fingerprint density at radius 2 is 1.65 bits per heavy atom. The molecular formula is C12H30N2O2Si. The molecule has 4 nitrogen and oxygen atoms in total. The van der Waals surface area contributed by atoms with E-state index in [0.29, 0.717) is 0 Å². The van der Waals surface area contributed by atoms with E-state index >= 15 is 0 Å². The van der Waals surface area contributed by atoms with Crippen molar-refractivity contribution in [2.75, 3.05) is 33.9 Å². The van der Waals surface area contributed by atoms with E-state index in [4.69, 9.17) is 14.6 Å². The minimum Gasteiger partial charge on any atom is -0.398 e. The number of rotatable bonds is 12. The molecule has 0 aromatic heterocycles. The van der Waals surface area contributed by atoms with Crippen molar-refractivity contribution in [2.24, 2.45) is 5.73 Å². The molecule has 0 amide bonds. The van der Waals surface area contributed by atoms with Gasteiger partial charge in [-0.3, -0.25) is 0 Å². The average molecular weight is 262 g/mol. The van der Waals surface area contributed by atoms with Crippen LogP contribution in [0, 0.1) is 0 Å². The van der Waals surface area contributed by atoms with Crippen molar-refractivity contribution in [2.45, 2.75) is 44.7 Å². The molecule has 3 N–H and O–H groups in total. The molecule has 0 saturated heterocycles. The summed E-state index contributed by atoms with van der Waals surface area (Å²) in [4.78, 5) is 0. The van der Waals surface area contributed by atoms with E-state index in [9.17, 15) is 0 Å². The normalized spacial score (nSPS) is 12.0. The summed E-state index contributed by atoms with van der Waals surface area (Å²) in [6.07, 6.45) is 4.55. The first-order valence-corrected chi connectivity index (χ1v) is 8.99. The first-order chi connectivity index (χ1) is 8.24. The van der Waals surface area contributed by atoms with Crippen LogP contribution in [0.2, 0.25) is 12.1 Å².